The maximum atomic E-state index is 10.2. The molecule has 3 nitrogen and oxygen atoms in total. The molecule has 3 heteroatoms. The maximum Gasteiger partial charge on any atom is 0.0914 e. The average molecular weight is 286 g/mol. The van der Waals surface area contributed by atoms with E-state index in [0.717, 1.165) is 12.1 Å². The van der Waals surface area contributed by atoms with Crippen LogP contribution < -0.4 is 5.32 Å². The van der Waals surface area contributed by atoms with E-state index in [1.165, 1.54) is 11.3 Å². The van der Waals surface area contributed by atoms with Gasteiger partial charge in [0.15, 0.2) is 0 Å². The number of hydrogen-bond donors (Lipinski definition) is 2. The van der Waals surface area contributed by atoms with Gasteiger partial charge >= 0.3 is 0 Å². The van der Waals surface area contributed by atoms with Crippen LogP contribution in [-0.4, -0.2) is 16.2 Å². The third kappa shape index (κ3) is 4.19. The molecular formula is C18H26N2O. The van der Waals surface area contributed by atoms with E-state index in [1.807, 2.05) is 31.4 Å². The van der Waals surface area contributed by atoms with Crippen LogP contribution >= 0.6 is 0 Å². The molecule has 1 unspecified atom stereocenters. The first-order valence-corrected chi connectivity index (χ1v) is 7.47. The van der Waals surface area contributed by atoms with Crippen LogP contribution in [0.2, 0.25) is 0 Å². The number of benzene rings is 1. The zero-order valence-electron chi connectivity index (χ0n) is 13.4. The fraction of sp³-hybridized carbons (Fsp3) is 0.444. The van der Waals surface area contributed by atoms with Crippen LogP contribution in [0.3, 0.4) is 0 Å². The number of rotatable bonds is 5. The van der Waals surface area contributed by atoms with Crippen LogP contribution in [-0.2, 0) is 19.0 Å². The van der Waals surface area contributed by atoms with E-state index in [4.69, 9.17) is 0 Å². The lowest BCUT2D eigenvalue weighted by molar-refractivity contribution is 0.174. The van der Waals surface area contributed by atoms with E-state index in [2.05, 4.69) is 48.9 Å². The second-order valence-electron chi connectivity index (χ2n) is 6.63. The molecule has 0 aliphatic heterocycles. The zero-order valence-corrected chi connectivity index (χ0v) is 13.4. The van der Waals surface area contributed by atoms with E-state index in [9.17, 15) is 5.11 Å². The molecule has 1 heterocycles. The lowest BCUT2D eigenvalue weighted by Gasteiger charge is -2.20. The zero-order chi connectivity index (χ0) is 15.5. The van der Waals surface area contributed by atoms with Gasteiger partial charge in [-0.2, -0.15) is 0 Å². The molecule has 0 spiro atoms. The first-order valence-electron chi connectivity index (χ1n) is 7.47. The van der Waals surface area contributed by atoms with Crippen molar-refractivity contribution in [2.24, 2.45) is 7.05 Å². The van der Waals surface area contributed by atoms with Crippen molar-refractivity contribution < 1.29 is 5.11 Å². The van der Waals surface area contributed by atoms with Crippen molar-refractivity contribution >= 4 is 0 Å². The van der Waals surface area contributed by atoms with Crippen molar-refractivity contribution in [2.45, 2.75) is 38.8 Å². The van der Waals surface area contributed by atoms with E-state index in [0.29, 0.717) is 6.54 Å². The topological polar surface area (TPSA) is 37.2 Å². The minimum absolute atomic E-state index is 0.147. The fourth-order valence-electron chi connectivity index (χ4n) is 2.34. The second-order valence-corrected chi connectivity index (χ2v) is 6.63. The molecule has 1 aromatic heterocycles. The Morgan fingerprint density at radius 1 is 1.14 bits per heavy atom. The molecule has 0 amide bonds. The quantitative estimate of drug-likeness (QED) is 0.886. The molecule has 1 aromatic carbocycles. The van der Waals surface area contributed by atoms with Gasteiger partial charge in [-0.15, -0.1) is 0 Å². The van der Waals surface area contributed by atoms with Crippen molar-refractivity contribution in [1.82, 2.24) is 9.88 Å². The van der Waals surface area contributed by atoms with Gasteiger partial charge in [-0.05, 0) is 28.7 Å². The molecular weight excluding hydrogens is 260 g/mol. The Hall–Kier alpha value is -1.58. The lowest BCUT2D eigenvalue weighted by atomic mass is 9.86. The first kappa shape index (κ1) is 15.8. The largest absolute Gasteiger partial charge is 0.387 e. The van der Waals surface area contributed by atoms with E-state index < -0.39 is 6.10 Å². The van der Waals surface area contributed by atoms with Crippen molar-refractivity contribution in [3.05, 3.63) is 59.4 Å². The highest BCUT2D eigenvalue weighted by Crippen LogP contribution is 2.23. The Kier molecular flexibility index (Phi) is 4.86. The van der Waals surface area contributed by atoms with Crippen LogP contribution in [0.4, 0.5) is 0 Å². The molecule has 0 fully saturated rings. The summed E-state index contributed by atoms with van der Waals surface area (Å²) in [6.07, 6.45) is 1.55. The summed E-state index contributed by atoms with van der Waals surface area (Å²) in [6.45, 7) is 7.90. The van der Waals surface area contributed by atoms with Gasteiger partial charge in [0.1, 0.15) is 0 Å². The summed E-state index contributed by atoms with van der Waals surface area (Å²) in [6, 6.07) is 12.4. The molecule has 0 saturated heterocycles. The third-order valence-corrected chi connectivity index (χ3v) is 3.86. The summed E-state index contributed by atoms with van der Waals surface area (Å²) in [5.41, 5.74) is 3.61. The number of aryl methyl sites for hydroxylation is 1. The van der Waals surface area contributed by atoms with E-state index in [-0.39, 0.29) is 5.41 Å². The molecule has 0 saturated carbocycles. The second kappa shape index (κ2) is 6.46. The Bertz CT molecular complexity index is 564. The van der Waals surface area contributed by atoms with Crippen LogP contribution in [0.15, 0.2) is 42.6 Å². The number of aliphatic hydroxyl groups is 1. The molecule has 21 heavy (non-hydrogen) atoms. The highest BCUT2D eigenvalue weighted by molar-refractivity contribution is 5.28. The van der Waals surface area contributed by atoms with Crippen molar-refractivity contribution in [2.75, 3.05) is 6.54 Å². The molecule has 2 N–H and O–H groups in total. The number of aliphatic hydroxyl groups excluding tert-OH is 1. The SMILES string of the molecule is Cn1cccc1CNCC(O)c1ccc(C(C)(C)C)cc1. The number of nitrogens with zero attached hydrogens (tertiary/aromatic N) is 1. The van der Waals surface area contributed by atoms with Crippen LogP contribution in [0.1, 0.15) is 43.7 Å². The van der Waals surface area contributed by atoms with Crippen LogP contribution in [0.5, 0.6) is 0 Å². The summed E-state index contributed by atoms with van der Waals surface area (Å²) in [7, 11) is 2.03. The summed E-state index contributed by atoms with van der Waals surface area (Å²) < 4.78 is 2.08. The van der Waals surface area contributed by atoms with Gasteiger partial charge in [-0.3, -0.25) is 0 Å². The fourth-order valence-corrected chi connectivity index (χ4v) is 2.34. The average Bonchev–Trinajstić information content (AvgIpc) is 2.83. The molecule has 0 aliphatic carbocycles. The molecule has 0 bridgehead atoms. The minimum Gasteiger partial charge on any atom is -0.387 e. The molecule has 0 aliphatic rings. The first-order chi connectivity index (χ1) is 9.88. The van der Waals surface area contributed by atoms with Crippen LogP contribution in [0, 0.1) is 0 Å². The standard InChI is InChI=1S/C18H26N2O/c1-18(2,3)15-9-7-14(8-10-15)17(21)13-19-12-16-6-5-11-20(16)4/h5-11,17,19,21H,12-13H2,1-4H3. The van der Waals surface area contributed by atoms with E-state index in [1.54, 1.807) is 0 Å². The minimum atomic E-state index is -0.473. The molecule has 0 radical (unpaired) electrons. The third-order valence-electron chi connectivity index (χ3n) is 3.86. The molecule has 1 atom stereocenters. The summed E-state index contributed by atoms with van der Waals surface area (Å²) in [5.74, 6) is 0. The van der Waals surface area contributed by atoms with Crippen molar-refractivity contribution in [3.63, 3.8) is 0 Å². The van der Waals surface area contributed by atoms with Gasteiger partial charge in [-0.25, -0.2) is 0 Å². The Labute approximate surface area is 127 Å². The summed E-state index contributed by atoms with van der Waals surface area (Å²) >= 11 is 0. The smallest absolute Gasteiger partial charge is 0.0914 e. The molecule has 114 valence electrons. The van der Waals surface area contributed by atoms with Gasteiger partial charge in [0, 0.05) is 32.0 Å². The molecule has 2 rings (SSSR count). The Balaban J connectivity index is 1.88. The van der Waals surface area contributed by atoms with Gasteiger partial charge in [0.25, 0.3) is 0 Å². The van der Waals surface area contributed by atoms with E-state index >= 15 is 0 Å². The molecule has 2 aromatic rings. The predicted octanol–water partition coefficient (Wildman–Crippen LogP) is 3.15. The highest BCUT2D eigenvalue weighted by atomic mass is 16.3. The predicted molar refractivity (Wildman–Crippen MR) is 87.2 cm³/mol. The van der Waals surface area contributed by atoms with Gasteiger partial charge in [0.05, 0.1) is 6.10 Å². The van der Waals surface area contributed by atoms with Gasteiger partial charge < -0.3 is 15.0 Å². The number of hydrogen-bond acceptors (Lipinski definition) is 2. The Morgan fingerprint density at radius 2 is 1.81 bits per heavy atom. The maximum absolute atomic E-state index is 10.2. The van der Waals surface area contributed by atoms with Crippen molar-refractivity contribution in [1.29, 1.82) is 0 Å². The summed E-state index contributed by atoms with van der Waals surface area (Å²) in [4.78, 5) is 0. The normalized spacial score (nSPS) is 13.4. The monoisotopic (exact) mass is 286 g/mol. The number of aromatic nitrogens is 1. The summed E-state index contributed by atoms with van der Waals surface area (Å²) in [5, 5.41) is 13.5. The van der Waals surface area contributed by atoms with Gasteiger partial charge in [0.2, 0.25) is 0 Å². The Morgan fingerprint density at radius 3 is 2.33 bits per heavy atom. The number of nitrogens with one attached hydrogen (secondary N) is 1. The lowest BCUT2D eigenvalue weighted by Crippen LogP contribution is -2.22. The van der Waals surface area contributed by atoms with Crippen molar-refractivity contribution in [3.8, 4) is 0 Å². The highest BCUT2D eigenvalue weighted by Gasteiger charge is 2.14. The van der Waals surface area contributed by atoms with Crippen LogP contribution in [0.25, 0.3) is 0 Å². The van der Waals surface area contributed by atoms with Gasteiger partial charge in [-0.1, -0.05) is 45.0 Å².